The average Bonchev–Trinajstić information content (AvgIpc) is 3.22. The zero-order valence-corrected chi connectivity index (χ0v) is 38.4. The molecule has 306 valence electrons. The highest BCUT2D eigenvalue weighted by Crippen LogP contribution is 2.51. The van der Waals surface area contributed by atoms with E-state index < -0.39 is 0 Å². The highest BCUT2D eigenvalue weighted by atomic mass is 14.7. The second-order valence-corrected chi connectivity index (χ2v) is 22.3. The lowest BCUT2D eigenvalue weighted by Gasteiger charge is -2.26. The van der Waals surface area contributed by atoms with Gasteiger partial charge in [-0.1, -0.05) is 156 Å². The van der Waals surface area contributed by atoms with Gasteiger partial charge < -0.3 is 0 Å². The van der Waals surface area contributed by atoms with Gasteiger partial charge in [-0.3, -0.25) is 0 Å². The van der Waals surface area contributed by atoms with Crippen LogP contribution in [0.2, 0.25) is 0 Å². The van der Waals surface area contributed by atoms with Gasteiger partial charge in [0.25, 0.3) is 0 Å². The molecule has 62 heavy (non-hydrogen) atoms. The fourth-order valence-corrected chi connectivity index (χ4v) is 10.3. The van der Waals surface area contributed by atoms with Crippen molar-refractivity contribution in [3.63, 3.8) is 0 Å². The predicted molar refractivity (Wildman–Crippen MR) is 270 cm³/mol. The van der Waals surface area contributed by atoms with Crippen molar-refractivity contribution in [3.8, 4) is 22.5 Å². The highest BCUT2D eigenvalue weighted by molar-refractivity contribution is 6.47. The fourth-order valence-electron chi connectivity index (χ4n) is 10.3. The summed E-state index contributed by atoms with van der Waals surface area (Å²) in [4.78, 5) is 11.0. The van der Waals surface area contributed by atoms with Crippen LogP contribution in [0.25, 0.3) is 109 Å². The molecule has 0 N–H and O–H groups in total. The number of pyridine rings is 2. The van der Waals surface area contributed by atoms with E-state index in [2.05, 4.69) is 204 Å². The Morgan fingerprint density at radius 3 is 0.871 bits per heavy atom. The number of hydrogen-bond acceptors (Lipinski definition) is 2. The molecule has 2 heterocycles. The van der Waals surface area contributed by atoms with Crippen LogP contribution >= 0.6 is 0 Å². The molecule has 0 aliphatic rings. The van der Waals surface area contributed by atoms with E-state index >= 15 is 0 Å². The minimum Gasteiger partial charge on any atom is -0.248 e. The van der Waals surface area contributed by atoms with Crippen LogP contribution in [0.15, 0.2) is 121 Å². The molecule has 0 saturated carbocycles. The van der Waals surface area contributed by atoms with Crippen molar-refractivity contribution in [3.05, 3.63) is 144 Å². The van der Waals surface area contributed by atoms with Crippen LogP contribution < -0.4 is 0 Å². The zero-order valence-electron chi connectivity index (χ0n) is 38.4. The molecular formula is C60H56N2. The maximum absolute atomic E-state index is 5.50. The van der Waals surface area contributed by atoms with Crippen LogP contribution in [0, 0.1) is 0 Å². The molecule has 0 atom stereocenters. The lowest BCUT2D eigenvalue weighted by atomic mass is 9.79. The van der Waals surface area contributed by atoms with Crippen LogP contribution in [0.3, 0.4) is 0 Å². The first-order valence-electron chi connectivity index (χ1n) is 22.5. The maximum Gasteiger partial charge on any atom is 0.0722 e. The molecule has 2 heteroatoms. The van der Waals surface area contributed by atoms with Crippen molar-refractivity contribution in [1.82, 2.24) is 9.97 Å². The first kappa shape index (κ1) is 38.8. The molecule has 0 amide bonds. The summed E-state index contributed by atoms with van der Waals surface area (Å²) in [5.74, 6) is 0. The van der Waals surface area contributed by atoms with Crippen molar-refractivity contribution < 1.29 is 0 Å². The Hall–Kier alpha value is -6.12. The SMILES string of the molecule is CC(C)(C)c1cc(-c2cc3c4c(cccc4c4cccc5c4c3c3cccc4c6cccc7nc(-c8cc(C(C)(C)C)cc(C(C)(C)C)c8)cc(c76)c5c43)n2)cc(C(C)(C)C)c1. The van der Waals surface area contributed by atoms with Crippen molar-refractivity contribution in [1.29, 1.82) is 0 Å². The summed E-state index contributed by atoms with van der Waals surface area (Å²) < 4.78 is 0. The van der Waals surface area contributed by atoms with E-state index in [1.165, 1.54) is 109 Å². The molecule has 0 spiro atoms. The Labute approximate surface area is 365 Å². The third-order valence-corrected chi connectivity index (χ3v) is 13.9. The van der Waals surface area contributed by atoms with Gasteiger partial charge in [-0.25, -0.2) is 9.97 Å². The van der Waals surface area contributed by atoms with E-state index in [9.17, 15) is 0 Å². The molecule has 0 saturated heterocycles. The summed E-state index contributed by atoms with van der Waals surface area (Å²) in [6, 6.07) is 46.6. The summed E-state index contributed by atoms with van der Waals surface area (Å²) in [6.07, 6.45) is 0. The van der Waals surface area contributed by atoms with Gasteiger partial charge in [0.1, 0.15) is 0 Å². The van der Waals surface area contributed by atoms with E-state index in [0.717, 1.165) is 22.4 Å². The van der Waals surface area contributed by atoms with Gasteiger partial charge in [0.05, 0.1) is 22.4 Å². The molecular weight excluding hydrogens is 749 g/mol. The third-order valence-electron chi connectivity index (χ3n) is 13.9. The zero-order chi connectivity index (χ0) is 43.4. The molecule has 2 nitrogen and oxygen atoms in total. The van der Waals surface area contributed by atoms with Gasteiger partial charge in [0.2, 0.25) is 0 Å². The topological polar surface area (TPSA) is 25.8 Å². The Kier molecular flexibility index (Phi) is 7.96. The number of nitrogens with zero attached hydrogens (tertiary/aromatic N) is 2. The minimum absolute atomic E-state index is 0.00556. The van der Waals surface area contributed by atoms with E-state index in [-0.39, 0.29) is 21.7 Å². The first-order chi connectivity index (χ1) is 29.3. The Bertz CT molecular complexity index is 3340. The maximum atomic E-state index is 5.50. The lowest BCUT2D eigenvalue weighted by Crippen LogP contribution is -2.16. The van der Waals surface area contributed by atoms with E-state index in [4.69, 9.17) is 9.97 Å². The summed E-state index contributed by atoms with van der Waals surface area (Å²) in [5.41, 5.74) is 11.8. The molecule has 2 aromatic heterocycles. The van der Waals surface area contributed by atoms with Crippen LogP contribution in [0.1, 0.15) is 105 Å². The van der Waals surface area contributed by atoms with Gasteiger partial charge in [-0.15, -0.1) is 0 Å². The van der Waals surface area contributed by atoms with Gasteiger partial charge in [-0.05, 0) is 157 Å². The number of rotatable bonds is 2. The summed E-state index contributed by atoms with van der Waals surface area (Å²) in [6.45, 7) is 27.8. The monoisotopic (exact) mass is 804 g/mol. The minimum atomic E-state index is -0.00556. The molecule has 0 fully saturated rings. The first-order valence-corrected chi connectivity index (χ1v) is 22.5. The second-order valence-electron chi connectivity index (χ2n) is 22.3. The number of aromatic nitrogens is 2. The Balaban J connectivity index is 1.31. The second kappa shape index (κ2) is 12.7. The van der Waals surface area contributed by atoms with Crippen molar-refractivity contribution in [2.45, 2.75) is 105 Å². The molecule has 0 aliphatic heterocycles. The molecule has 9 aromatic carbocycles. The van der Waals surface area contributed by atoms with Gasteiger partial charge in [-0.2, -0.15) is 0 Å². The van der Waals surface area contributed by atoms with Crippen molar-refractivity contribution in [2.24, 2.45) is 0 Å². The number of fused-ring (bicyclic) bond motifs is 6. The summed E-state index contributed by atoms with van der Waals surface area (Å²) >= 11 is 0. The molecule has 11 rings (SSSR count). The standard InChI is InChI=1S/C60H56N2/c1-57(2,3)35-25-33(26-36(29-35)58(4,5)6)49-31-45-51-39(19-15-23-47(51)61-49)41-17-14-22-44-53(41)55(45)43-21-13-18-42-40-20-16-24-48-52(40)46(56(44)54(42)43)32-50(62-48)34-27-37(59(7,8)9)30-38(28-34)60(10,11)12/h13-32H,1-12H3. The molecule has 11 aromatic rings. The fraction of sp³-hybridized carbons (Fsp3) is 0.267. The number of benzene rings is 9. The normalized spacial score (nSPS) is 13.5. The van der Waals surface area contributed by atoms with Crippen LogP contribution in [0.5, 0.6) is 0 Å². The molecule has 0 radical (unpaired) electrons. The van der Waals surface area contributed by atoms with Crippen LogP contribution in [-0.4, -0.2) is 9.97 Å². The molecule has 0 unspecified atom stereocenters. The molecule has 0 bridgehead atoms. The van der Waals surface area contributed by atoms with Crippen LogP contribution in [0.4, 0.5) is 0 Å². The molecule has 0 aliphatic carbocycles. The number of hydrogen-bond donors (Lipinski definition) is 0. The third kappa shape index (κ3) is 5.75. The highest BCUT2D eigenvalue weighted by Gasteiger charge is 2.27. The van der Waals surface area contributed by atoms with E-state index in [1.54, 1.807) is 0 Å². The van der Waals surface area contributed by atoms with Gasteiger partial charge in [0.15, 0.2) is 0 Å². The quantitative estimate of drug-likeness (QED) is 0.128. The lowest BCUT2D eigenvalue weighted by molar-refractivity contribution is 0.568. The smallest absolute Gasteiger partial charge is 0.0722 e. The summed E-state index contributed by atoms with van der Waals surface area (Å²) in [7, 11) is 0. The van der Waals surface area contributed by atoms with E-state index in [1.807, 2.05) is 0 Å². The van der Waals surface area contributed by atoms with Crippen molar-refractivity contribution in [2.75, 3.05) is 0 Å². The van der Waals surface area contributed by atoms with E-state index in [0.29, 0.717) is 0 Å². The van der Waals surface area contributed by atoms with Crippen molar-refractivity contribution >= 4 is 86.4 Å². The Morgan fingerprint density at radius 2 is 0.548 bits per heavy atom. The summed E-state index contributed by atoms with van der Waals surface area (Å²) in [5, 5.41) is 17.9. The average molecular weight is 805 g/mol. The predicted octanol–water partition coefficient (Wildman–Crippen LogP) is 17.1. The van der Waals surface area contributed by atoms with Gasteiger partial charge in [0, 0.05) is 21.9 Å². The Morgan fingerprint density at radius 1 is 0.274 bits per heavy atom. The van der Waals surface area contributed by atoms with Gasteiger partial charge >= 0.3 is 0 Å². The van der Waals surface area contributed by atoms with Crippen LogP contribution in [-0.2, 0) is 21.7 Å². The largest absolute Gasteiger partial charge is 0.248 e.